The second-order valence-corrected chi connectivity index (χ2v) is 8.86. The molecule has 1 aliphatic rings. The molecule has 1 aliphatic heterocycles. The molecule has 0 radical (unpaired) electrons. The van der Waals surface area contributed by atoms with E-state index in [0.29, 0.717) is 17.1 Å². The SMILES string of the molecule is Cc1ccc(-c2ncccn2)c(C(=O)N2CCCC[C@H]2Cc2cn3ccc(C)c(C)c3n2)n1. The number of nitrogens with zero attached hydrogens (tertiary/aromatic N) is 6. The van der Waals surface area contributed by atoms with Gasteiger partial charge in [0.1, 0.15) is 11.3 Å². The summed E-state index contributed by atoms with van der Waals surface area (Å²) in [7, 11) is 0. The van der Waals surface area contributed by atoms with Crippen molar-refractivity contribution < 1.29 is 4.79 Å². The van der Waals surface area contributed by atoms with Crippen LogP contribution in [0, 0.1) is 20.8 Å². The molecule has 1 fully saturated rings. The van der Waals surface area contributed by atoms with E-state index in [1.54, 1.807) is 18.5 Å². The van der Waals surface area contributed by atoms with Gasteiger partial charge in [0.15, 0.2) is 5.82 Å². The highest BCUT2D eigenvalue weighted by Crippen LogP contribution is 2.26. The van der Waals surface area contributed by atoms with Crippen LogP contribution in [0.1, 0.15) is 52.3 Å². The number of carbonyl (C=O) groups is 1. The lowest BCUT2D eigenvalue weighted by Gasteiger charge is -2.35. The molecule has 7 nitrogen and oxygen atoms in total. The average Bonchev–Trinajstić information content (AvgIpc) is 3.25. The first-order chi connectivity index (χ1) is 16.0. The Hall–Kier alpha value is -3.61. The molecule has 0 saturated carbocycles. The van der Waals surface area contributed by atoms with E-state index >= 15 is 0 Å². The number of fused-ring (bicyclic) bond motifs is 1. The maximum absolute atomic E-state index is 13.8. The third-order valence-electron chi connectivity index (χ3n) is 6.57. The van der Waals surface area contributed by atoms with Crippen LogP contribution >= 0.6 is 0 Å². The lowest BCUT2D eigenvalue weighted by molar-refractivity contribution is 0.0607. The number of piperidine rings is 1. The summed E-state index contributed by atoms with van der Waals surface area (Å²) in [6.07, 6.45) is 11.3. The molecule has 0 aromatic carbocycles. The number of hydrogen-bond acceptors (Lipinski definition) is 5. The van der Waals surface area contributed by atoms with Gasteiger partial charge >= 0.3 is 0 Å². The summed E-state index contributed by atoms with van der Waals surface area (Å²) in [4.78, 5) is 34.0. The van der Waals surface area contributed by atoms with Crippen molar-refractivity contribution in [3.05, 3.63) is 77.3 Å². The van der Waals surface area contributed by atoms with E-state index in [4.69, 9.17) is 4.98 Å². The Labute approximate surface area is 193 Å². The lowest BCUT2D eigenvalue weighted by Crippen LogP contribution is -2.45. The fourth-order valence-electron chi connectivity index (χ4n) is 4.62. The maximum atomic E-state index is 13.8. The third kappa shape index (κ3) is 4.11. The minimum atomic E-state index is -0.0540. The van der Waals surface area contributed by atoms with Crippen LogP contribution in [0.25, 0.3) is 17.0 Å². The zero-order valence-electron chi connectivity index (χ0n) is 19.3. The maximum Gasteiger partial charge on any atom is 0.273 e. The fourth-order valence-corrected chi connectivity index (χ4v) is 4.62. The summed E-state index contributed by atoms with van der Waals surface area (Å²) in [5.41, 5.74) is 6.33. The molecule has 168 valence electrons. The smallest absolute Gasteiger partial charge is 0.273 e. The summed E-state index contributed by atoms with van der Waals surface area (Å²) in [6.45, 7) is 6.84. The molecular formula is C26H28N6O. The highest BCUT2D eigenvalue weighted by Gasteiger charge is 2.31. The zero-order chi connectivity index (χ0) is 22.9. The van der Waals surface area contributed by atoms with Crippen LogP contribution in [0.2, 0.25) is 0 Å². The van der Waals surface area contributed by atoms with Crippen LogP contribution in [0.5, 0.6) is 0 Å². The molecule has 0 N–H and O–H groups in total. The third-order valence-corrected chi connectivity index (χ3v) is 6.57. The first-order valence-electron chi connectivity index (χ1n) is 11.5. The van der Waals surface area contributed by atoms with Gasteiger partial charge in [-0.25, -0.2) is 19.9 Å². The van der Waals surface area contributed by atoms with Gasteiger partial charge in [-0.2, -0.15) is 0 Å². The van der Waals surface area contributed by atoms with Crippen molar-refractivity contribution in [3.63, 3.8) is 0 Å². The first-order valence-corrected chi connectivity index (χ1v) is 11.5. The topological polar surface area (TPSA) is 76.3 Å². The van der Waals surface area contributed by atoms with Crippen LogP contribution in [0.3, 0.4) is 0 Å². The van der Waals surface area contributed by atoms with Crippen molar-refractivity contribution in [2.75, 3.05) is 6.54 Å². The second-order valence-electron chi connectivity index (χ2n) is 8.86. The van der Waals surface area contributed by atoms with Crippen LogP contribution in [0.15, 0.2) is 49.1 Å². The van der Waals surface area contributed by atoms with Crippen LogP contribution < -0.4 is 0 Å². The largest absolute Gasteiger partial charge is 0.334 e. The lowest BCUT2D eigenvalue weighted by atomic mass is 9.97. The van der Waals surface area contributed by atoms with Crippen molar-refractivity contribution in [3.8, 4) is 11.4 Å². The Bertz CT molecular complexity index is 1310. The van der Waals surface area contributed by atoms with Gasteiger partial charge in [0, 0.05) is 49.5 Å². The number of pyridine rings is 2. The van der Waals surface area contributed by atoms with Gasteiger partial charge in [0.25, 0.3) is 5.91 Å². The minimum Gasteiger partial charge on any atom is -0.334 e. The summed E-state index contributed by atoms with van der Waals surface area (Å²) >= 11 is 0. The van der Waals surface area contributed by atoms with Gasteiger partial charge in [0.2, 0.25) is 0 Å². The monoisotopic (exact) mass is 440 g/mol. The van der Waals surface area contributed by atoms with Gasteiger partial charge in [0.05, 0.1) is 11.3 Å². The highest BCUT2D eigenvalue weighted by molar-refractivity contribution is 5.98. The van der Waals surface area contributed by atoms with Gasteiger partial charge in [-0.15, -0.1) is 0 Å². The molecule has 4 aromatic heterocycles. The second kappa shape index (κ2) is 8.73. The Balaban J connectivity index is 1.47. The fraction of sp³-hybridized carbons (Fsp3) is 0.346. The Morgan fingerprint density at radius 1 is 1.06 bits per heavy atom. The molecule has 0 aliphatic carbocycles. The molecule has 4 aromatic rings. The molecule has 0 spiro atoms. The van der Waals surface area contributed by atoms with Crippen molar-refractivity contribution >= 4 is 11.6 Å². The van der Waals surface area contributed by atoms with Gasteiger partial charge in [-0.05, 0) is 75.4 Å². The predicted octanol–water partition coefficient (Wildman–Crippen LogP) is 4.35. The number of carbonyl (C=O) groups excluding carboxylic acids is 1. The normalized spacial score (nSPS) is 16.3. The van der Waals surface area contributed by atoms with E-state index in [0.717, 1.165) is 49.3 Å². The number of likely N-dealkylation sites (tertiary alicyclic amines) is 1. The Kier molecular flexibility index (Phi) is 5.62. The number of amides is 1. The molecule has 1 saturated heterocycles. The number of hydrogen-bond donors (Lipinski definition) is 0. The molecular weight excluding hydrogens is 412 g/mol. The van der Waals surface area contributed by atoms with Crippen LogP contribution in [-0.2, 0) is 6.42 Å². The van der Waals surface area contributed by atoms with E-state index in [1.165, 1.54) is 11.1 Å². The molecule has 0 unspecified atom stereocenters. The average molecular weight is 441 g/mol. The quantitative estimate of drug-likeness (QED) is 0.472. The molecule has 1 atom stereocenters. The summed E-state index contributed by atoms with van der Waals surface area (Å²) in [6, 6.07) is 7.77. The van der Waals surface area contributed by atoms with Crippen LogP contribution in [-0.4, -0.2) is 47.7 Å². The van der Waals surface area contributed by atoms with E-state index in [1.807, 2.05) is 24.0 Å². The van der Waals surface area contributed by atoms with E-state index < -0.39 is 0 Å². The van der Waals surface area contributed by atoms with Crippen molar-refractivity contribution in [1.82, 2.24) is 29.2 Å². The summed E-state index contributed by atoms with van der Waals surface area (Å²) in [5.74, 6) is 0.467. The molecule has 1 amide bonds. The van der Waals surface area contributed by atoms with Crippen LogP contribution in [0.4, 0.5) is 0 Å². The van der Waals surface area contributed by atoms with Crippen molar-refractivity contribution in [2.45, 2.75) is 52.5 Å². The molecule has 33 heavy (non-hydrogen) atoms. The minimum absolute atomic E-state index is 0.0540. The first kappa shape index (κ1) is 21.2. The number of imidazole rings is 1. The summed E-state index contributed by atoms with van der Waals surface area (Å²) in [5, 5.41) is 0. The summed E-state index contributed by atoms with van der Waals surface area (Å²) < 4.78 is 2.08. The Morgan fingerprint density at radius 2 is 1.88 bits per heavy atom. The molecule has 5 rings (SSSR count). The highest BCUT2D eigenvalue weighted by atomic mass is 16.2. The van der Waals surface area contributed by atoms with E-state index in [9.17, 15) is 4.79 Å². The van der Waals surface area contributed by atoms with E-state index in [2.05, 4.69) is 51.7 Å². The molecule has 0 bridgehead atoms. The molecule has 7 heteroatoms. The molecule has 5 heterocycles. The predicted molar refractivity (Wildman–Crippen MR) is 127 cm³/mol. The van der Waals surface area contributed by atoms with Gasteiger partial charge < -0.3 is 9.30 Å². The van der Waals surface area contributed by atoms with Crippen molar-refractivity contribution in [2.24, 2.45) is 0 Å². The number of aryl methyl sites for hydroxylation is 3. The number of aromatic nitrogens is 5. The zero-order valence-corrected chi connectivity index (χ0v) is 19.3. The Morgan fingerprint density at radius 3 is 2.70 bits per heavy atom. The van der Waals surface area contributed by atoms with Crippen molar-refractivity contribution in [1.29, 1.82) is 0 Å². The number of rotatable bonds is 4. The van der Waals surface area contributed by atoms with Gasteiger partial charge in [-0.3, -0.25) is 4.79 Å². The van der Waals surface area contributed by atoms with Gasteiger partial charge in [-0.1, -0.05) is 0 Å². The standard InChI is InChI=1S/C26H28N6O/c1-17-10-14-31-16-20(30-25(31)19(17)3)15-21-7-4-5-13-32(21)26(33)23-22(9-8-18(2)29-23)24-27-11-6-12-28-24/h6,8-12,14,16,21H,4-5,7,13,15H2,1-3H3/t21-/m0/s1. The van der Waals surface area contributed by atoms with E-state index in [-0.39, 0.29) is 11.9 Å².